The summed E-state index contributed by atoms with van der Waals surface area (Å²) in [5.74, 6) is 0.968. The molecule has 0 aliphatic rings. The summed E-state index contributed by atoms with van der Waals surface area (Å²) in [5, 5.41) is 7.93. The highest BCUT2D eigenvalue weighted by Gasteiger charge is 2.17. The SMILES string of the molecule is Cc1noc(C)c1C(C)CNC(=O)Cc1c[nH]c2ncccc12. The molecule has 1 amide bonds. The molecule has 3 aromatic heterocycles. The fourth-order valence-corrected chi connectivity index (χ4v) is 2.96. The largest absolute Gasteiger partial charge is 0.361 e. The highest BCUT2D eigenvalue weighted by Crippen LogP contribution is 2.22. The number of rotatable bonds is 5. The molecular formula is C17H20N4O2. The van der Waals surface area contributed by atoms with Gasteiger partial charge in [0.25, 0.3) is 0 Å². The van der Waals surface area contributed by atoms with Crippen LogP contribution in [0.1, 0.15) is 35.4 Å². The van der Waals surface area contributed by atoms with Gasteiger partial charge in [-0.2, -0.15) is 0 Å². The third-order valence-electron chi connectivity index (χ3n) is 4.07. The van der Waals surface area contributed by atoms with E-state index in [0.717, 1.165) is 33.6 Å². The van der Waals surface area contributed by atoms with Crippen molar-refractivity contribution in [2.75, 3.05) is 6.54 Å². The maximum absolute atomic E-state index is 12.2. The van der Waals surface area contributed by atoms with Crippen LogP contribution in [0.2, 0.25) is 0 Å². The number of aryl methyl sites for hydroxylation is 2. The third-order valence-corrected chi connectivity index (χ3v) is 4.07. The Labute approximate surface area is 134 Å². The summed E-state index contributed by atoms with van der Waals surface area (Å²) >= 11 is 0. The maximum Gasteiger partial charge on any atom is 0.224 e. The molecule has 1 atom stereocenters. The number of nitrogens with zero attached hydrogens (tertiary/aromatic N) is 2. The van der Waals surface area contributed by atoms with E-state index in [2.05, 4.69) is 27.4 Å². The van der Waals surface area contributed by atoms with Gasteiger partial charge in [0, 0.05) is 35.8 Å². The number of carbonyl (C=O) groups excluding carboxylic acids is 1. The van der Waals surface area contributed by atoms with Crippen LogP contribution in [0.25, 0.3) is 11.0 Å². The molecule has 2 N–H and O–H groups in total. The number of hydrogen-bond acceptors (Lipinski definition) is 4. The fraction of sp³-hybridized carbons (Fsp3) is 0.353. The lowest BCUT2D eigenvalue weighted by Gasteiger charge is -2.12. The predicted octanol–water partition coefficient (Wildman–Crippen LogP) is 2.63. The van der Waals surface area contributed by atoms with Crippen molar-refractivity contribution < 1.29 is 9.32 Å². The summed E-state index contributed by atoms with van der Waals surface area (Å²) in [5.41, 5.74) is 3.71. The van der Waals surface area contributed by atoms with Gasteiger partial charge in [0.2, 0.25) is 5.91 Å². The van der Waals surface area contributed by atoms with Crippen LogP contribution in [0.5, 0.6) is 0 Å². The Morgan fingerprint density at radius 3 is 3.00 bits per heavy atom. The van der Waals surface area contributed by atoms with Crippen LogP contribution in [0.3, 0.4) is 0 Å². The lowest BCUT2D eigenvalue weighted by molar-refractivity contribution is -0.120. The second-order valence-electron chi connectivity index (χ2n) is 5.83. The standard InChI is InChI=1S/C17H20N4O2/c1-10(16-11(2)21-23-12(16)3)8-19-15(22)7-13-9-20-17-14(13)5-4-6-18-17/h4-6,9-10H,7-8H2,1-3H3,(H,18,20)(H,19,22). The molecule has 23 heavy (non-hydrogen) atoms. The molecule has 0 spiro atoms. The predicted molar refractivity (Wildman–Crippen MR) is 87.2 cm³/mol. The van der Waals surface area contributed by atoms with Crippen molar-refractivity contribution >= 4 is 16.9 Å². The van der Waals surface area contributed by atoms with Gasteiger partial charge in [-0.05, 0) is 31.5 Å². The van der Waals surface area contributed by atoms with Crippen LogP contribution in [-0.2, 0) is 11.2 Å². The molecule has 0 bridgehead atoms. The van der Waals surface area contributed by atoms with Crippen LogP contribution in [0.15, 0.2) is 29.0 Å². The molecular weight excluding hydrogens is 292 g/mol. The summed E-state index contributed by atoms with van der Waals surface area (Å²) in [6, 6.07) is 3.84. The highest BCUT2D eigenvalue weighted by atomic mass is 16.5. The van der Waals surface area contributed by atoms with E-state index >= 15 is 0 Å². The molecule has 0 aromatic carbocycles. The van der Waals surface area contributed by atoms with Crippen LogP contribution in [0, 0.1) is 13.8 Å². The van der Waals surface area contributed by atoms with Crippen molar-refractivity contribution in [1.29, 1.82) is 0 Å². The molecule has 0 saturated carbocycles. The Hall–Kier alpha value is -2.63. The lowest BCUT2D eigenvalue weighted by atomic mass is 9.99. The van der Waals surface area contributed by atoms with E-state index in [1.165, 1.54) is 0 Å². The Kier molecular flexibility index (Phi) is 4.14. The first-order valence-electron chi connectivity index (χ1n) is 7.66. The number of aromatic amines is 1. The number of aromatic nitrogens is 3. The number of nitrogens with one attached hydrogen (secondary N) is 2. The molecule has 1 unspecified atom stereocenters. The second-order valence-corrected chi connectivity index (χ2v) is 5.83. The molecule has 6 nitrogen and oxygen atoms in total. The quantitative estimate of drug-likeness (QED) is 0.758. The summed E-state index contributed by atoms with van der Waals surface area (Å²) in [6.45, 7) is 6.43. The first kappa shape index (κ1) is 15.3. The molecule has 3 aromatic rings. The van der Waals surface area contributed by atoms with Gasteiger partial charge in [-0.1, -0.05) is 12.1 Å². The first-order valence-corrected chi connectivity index (χ1v) is 7.66. The minimum atomic E-state index is -0.00615. The normalized spacial score (nSPS) is 12.5. The molecule has 0 saturated heterocycles. The van der Waals surface area contributed by atoms with E-state index in [9.17, 15) is 4.79 Å². The first-order chi connectivity index (χ1) is 11.1. The van der Waals surface area contributed by atoms with E-state index in [0.29, 0.717) is 13.0 Å². The van der Waals surface area contributed by atoms with Crippen molar-refractivity contribution in [2.45, 2.75) is 33.1 Å². The summed E-state index contributed by atoms with van der Waals surface area (Å²) in [6.07, 6.45) is 3.91. The number of amides is 1. The second kappa shape index (κ2) is 6.24. The number of H-pyrrole nitrogens is 1. The van der Waals surface area contributed by atoms with E-state index in [-0.39, 0.29) is 11.8 Å². The molecule has 0 aliphatic heterocycles. The zero-order valence-corrected chi connectivity index (χ0v) is 13.5. The molecule has 0 fully saturated rings. The minimum absolute atomic E-state index is 0.00615. The van der Waals surface area contributed by atoms with Gasteiger partial charge in [0.1, 0.15) is 11.4 Å². The van der Waals surface area contributed by atoms with E-state index in [1.54, 1.807) is 6.20 Å². The van der Waals surface area contributed by atoms with Gasteiger partial charge in [-0.25, -0.2) is 4.98 Å². The summed E-state index contributed by atoms with van der Waals surface area (Å²) < 4.78 is 5.18. The monoisotopic (exact) mass is 312 g/mol. The van der Waals surface area contributed by atoms with E-state index < -0.39 is 0 Å². The molecule has 3 rings (SSSR count). The van der Waals surface area contributed by atoms with Crippen molar-refractivity contribution in [3.05, 3.63) is 47.1 Å². The number of hydrogen-bond donors (Lipinski definition) is 2. The van der Waals surface area contributed by atoms with Gasteiger partial charge in [0.15, 0.2) is 0 Å². The number of carbonyl (C=O) groups is 1. The van der Waals surface area contributed by atoms with Crippen LogP contribution in [0.4, 0.5) is 0 Å². The van der Waals surface area contributed by atoms with Crippen LogP contribution < -0.4 is 5.32 Å². The topological polar surface area (TPSA) is 83.8 Å². The fourth-order valence-electron chi connectivity index (χ4n) is 2.96. The zero-order valence-electron chi connectivity index (χ0n) is 13.5. The Morgan fingerprint density at radius 1 is 1.43 bits per heavy atom. The van der Waals surface area contributed by atoms with E-state index in [4.69, 9.17) is 4.52 Å². The summed E-state index contributed by atoms with van der Waals surface area (Å²) in [7, 11) is 0. The van der Waals surface area contributed by atoms with Gasteiger partial charge < -0.3 is 14.8 Å². The van der Waals surface area contributed by atoms with Gasteiger partial charge >= 0.3 is 0 Å². The minimum Gasteiger partial charge on any atom is -0.361 e. The van der Waals surface area contributed by atoms with E-state index in [1.807, 2.05) is 32.2 Å². The smallest absolute Gasteiger partial charge is 0.224 e. The molecule has 3 heterocycles. The Balaban J connectivity index is 1.62. The maximum atomic E-state index is 12.2. The molecule has 6 heteroatoms. The van der Waals surface area contributed by atoms with Crippen LogP contribution >= 0.6 is 0 Å². The average Bonchev–Trinajstić information content (AvgIpc) is 3.09. The van der Waals surface area contributed by atoms with Crippen molar-refractivity contribution in [1.82, 2.24) is 20.4 Å². The number of pyridine rings is 1. The van der Waals surface area contributed by atoms with Gasteiger partial charge in [-0.3, -0.25) is 4.79 Å². The van der Waals surface area contributed by atoms with Gasteiger partial charge in [0.05, 0.1) is 12.1 Å². The third kappa shape index (κ3) is 3.11. The number of fused-ring (bicyclic) bond motifs is 1. The van der Waals surface area contributed by atoms with Crippen molar-refractivity contribution in [3.8, 4) is 0 Å². The molecule has 0 radical (unpaired) electrons. The lowest BCUT2D eigenvalue weighted by Crippen LogP contribution is -2.29. The van der Waals surface area contributed by atoms with Crippen molar-refractivity contribution in [2.24, 2.45) is 0 Å². The van der Waals surface area contributed by atoms with Gasteiger partial charge in [-0.15, -0.1) is 0 Å². The molecule has 120 valence electrons. The molecule has 0 aliphatic carbocycles. The Bertz CT molecular complexity index is 815. The zero-order chi connectivity index (χ0) is 16.4. The van der Waals surface area contributed by atoms with Crippen LogP contribution in [-0.4, -0.2) is 27.6 Å². The van der Waals surface area contributed by atoms with Crippen molar-refractivity contribution in [3.63, 3.8) is 0 Å². The highest BCUT2D eigenvalue weighted by molar-refractivity contribution is 5.87. The Morgan fingerprint density at radius 2 is 2.26 bits per heavy atom. The summed E-state index contributed by atoms with van der Waals surface area (Å²) in [4.78, 5) is 19.5. The average molecular weight is 312 g/mol.